The van der Waals surface area contributed by atoms with E-state index in [0.29, 0.717) is 6.54 Å². The Morgan fingerprint density at radius 3 is 1.89 bits per heavy atom. The van der Waals surface area contributed by atoms with E-state index in [-0.39, 0.29) is 24.9 Å². The number of ether oxygens (including phenoxy) is 1. The summed E-state index contributed by atoms with van der Waals surface area (Å²) in [5.74, 6) is -1.18. The van der Waals surface area contributed by atoms with Gasteiger partial charge in [0.25, 0.3) is 0 Å². The Bertz CT molecular complexity index is 1010. The number of rotatable bonds is 17. The van der Waals surface area contributed by atoms with E-state index in [9.17, 15) is 14.4 Å². The maximum absolute atomic E-state index is 12.5. The van der Waals surface area contributed by atoms with Gasteiger partial charge in [-0.2, -0.15) is 0 Å². The molecule has 0 saturated carbocycles. The summed E-state index contributed by atoms with van der Waals surface area (Å²) in [6, 6.07) is 15.0. The summed E-state index contributed by atoms with van der Waals surface area (Å²) in [6.07, 6.45) is 11.2. The fraction of sp³-hybridized carbons (Fsp3) is 0.516. The topological polar surface area (TPSA) is 111 Å². The lowest BCUT2D eigenvalue weighted by Gasteiger charge is -2.18. The standard InChI is InChI=1S/C31H43N3O4/c1-2-3-4-5-6-7-8-9-10-15-20-33-29(35)21-28(30(32)36)34-31(37)38-22-27-25-18-13-11-16-23(25)24-17-12-14-19-26(24)27/h11-14,16-19,27-28H,2-10,15,20-22H2,1H3,(H2,32,36)(H,33,35)(H,34,37)/t28-/m0/s1. The van der Waals surface area contributed by atoms with Crippen molar-refractivity contribution in [2.75, 3.05) is 13.2 Å². The van der Waals surface area contributed by atoms with Crippen LogP contribution in [-0.2, 0) is 14.3 Å². The van der Waals surface area contributed by atoms with Crippen LogP contribution in [0.5, 0.6) is 0 Å². The number of hydrogen-bond acceptors (Lipinski definition) is 4. The molecule has 206 valence electrons. The van der Waals surface area contributed by atoms with Gasteiger partial charge in [0, 0.05) is 12.5 Å². The SMILES string of the molecule is CCCCCCCCCCCCNC(=O)C[C@H](NC(=O)OCC1c2ccccc2-c2ccccc21)C(N)=O. The first-order chi connectivity index (χ1) is 18.5. The van der Waals surface area contributed by atoms with Gasteiger partial charge in [0.1, 0.15) is 12.6 Å². The van der Waals surface area contributed by atoms with E-state index in [4.69, 9.17) is 10.5 Å². The highest BCUT2D eigenvalue weighted by atomic mass is 16.5. The van der Waals surface area contributed by atoms with Crippen LogP contribution >= 0.6 is 0 Å². The van der Waals surface area contributed by atoms with Crippen LogP contribution in [0.15, 0.2) is 48.5 Å². The van der Waals surface area contributed by atoms with E-state index < -0.39 is 18.0 Å². The van der Waals surface area contributed by atoms with Gasteiger partial charge < -0.3 is 21.1 Å². The van der Waals surface area contributed by atoms with Crippen LogP contribution in [-0.4, -0.2) is 37.1 Å². The minimum absolute atomic E-state index is 0.0930. The molecule has 2 aromatic rings. The second kappa shape index (κ2) is 15.8. The molecule has 0 heterocycles. The van der Waals surface area contributed by atoms with Crippen molar-refractivity contribution in [2.24, 2.45) is 5.73 Å². The second-order valence-electron chi connectivity index (χ2n) is 10.2. The lowest BCUT2D eigenvalue weighted by molar-refractivity contribution is -0.126. The molecule has 0 radical (unpaired) electrons. The summed E-state index contributed by atoms with van der Waals surface area (Å²) in [6.45, 7) is 2.90. The zero-order valence-electron chi connectivity index (χ0n) is 22.7. The molecule has 0 unspecified atom stereocenters. The van der Waals surface area contributed by atoms with E-state index >= 15 is 0 Å². The molecule has 1 aliphatic rings. The predicted octanol–water partition coefficient (Wildman–Crippen LogP) is 5.81. The average molecular weight is 522 g/mol. The van der Waals surface area contributed by atoms with Crippen molar-refractivity contribution in [1.82, 2.24) is 10.6 Å². The number of carbonyl (C=O) groups is 3. The molecule has 38 heavy (non-hydrogen) atoms. The number of carbonyl (C=O) groups excluding carboxylic acids is 3. The number of alkyl carbamates (subject to hydrolysis) is 1. The van der Waals surface area contributed by atoms with Crippen LogP contribution < -0.4 is 16.4 Å². The molecule has 7 nitrogen and oxygen atoms in total. The monoisotopic (exact) mass is 521 g/mol. The Labute approximate surface area is 226 Å². The van der Waals surface area contributed by atoms with Gasteiger partial charge in [-0.3, -0.25) is 9.59 Å². The summed E-state index contributed by atoms with van der Waals surface area (Å²) in [7, 11) is 0. The second-order valence-corrected chi connectivity index (χ2v) is 10.2. The van der Waals surface area contributed by atoms with Gasteiger partial charge in [0.2, 0.25) is 11.8 Å². The number of amides is 3. The largest absolute Gasteiger partial charge is 0.449 e. The van der Waals surface area contributed by atoms with Crippen LogP contribution in [0.1, 0.15) is 94.6 Å². The van der Waals surface area contributed by atoms with Crippen LogP contribution in [0.4, 0.5) is 4.79 Å². The van der Waals surface area contributed by atoms with Gasteiger partial charge >= 0.3 is 6.09 Å². The molecular weight excluding hydrogens is 478 g/mol. The number of benzene rings is 2. The van der Waals surface area contributed by atoms with E-state index in [1.807, 2.05) is 36.4 Å². The maximum atomic E-state index is 12.5. The van der Waals surface area contributed by atoms with Gasteiger partial charge in [-0.1, -0.05) is 113 Å². The average Bonchev–Trinajstić information content (AvgIpc) is 3.23. The third-order valence-electron chi connectivity index (χ3n) is 7.22. The molecular formula is C31H43N3O4. The Morgan fingerprint density at radius 1 is 0.816 bits per heavy atom. The third-order valence-corrected chi connectivity index (χ3v) is 7.22. The van der Waals surface area contributed by atoms with Crippen LogP contribution in [0.25, 0.3) is 11.1 Å². The Morgan fingerprint density at radius 2 is 1.34 bits per heavy atom. The lowest BCUT2D eigenvalue weighted by atomic mass is 9.98. The van der Waals surface area contributed by atoms with Crippen molar-refractivity contribution in [3.8, 4) is 11.1 Å². The summed E-state index contributed by atoms with van der Waals surface area (Å²) in [5.41, 5.74) is 9.90. The summed E-state index contributed by atoms with van der Waals surface area (Å²) in [5, 5.41) is 5.29. The van der Waals surface area contributed by atoms with Crippen LogP contribution in [0.2, 0.25) is 0 Å². The van der Waals surface area contributed by atoms with Gasteiger partial charge in [-0.05, 0) is 28.7 Å². The highest BCUT2D eigenvalue weighted by Crippen LogP contribution is 2.44. The molecule has 0 saturated heterocycles. The molecule has 0 aromatic heterocycles. The fourth-order valence-electron chi connectivity index (χ4n) is 5.10. The van der Waals surface area contributed by atoms with Crippen molar-refractivity contribution in [1.29, 1.82) is 0 Å². The Hall–Kier alpha value is -3.35. The first kappa shape index (κ1) is 29.2. The van der Waals surface area contributed by atoms with Crippen molar-refractivity contribution in [2.45, 2.75) is 89.5 Å². The highest BCUT2D eigenvalue weighted by Gasteiger charge is 2.29. The molecule has 0 bridgehead atoms. The number of nitrogens with two attached hydrogens (primary N) is 1. The number of hydrogen-bond donors (Lipinski definition) is 3. The van der Waals surface area contributed by atoms with Gasteiger partial charge in [0.15, 0.2) is 0 Å². The molecule has 1 aliphatic carbocycles. The van der Waals surface area contributed by atoms with Crippen molar-refractivity contribution >= 4 is 17.9 Å². The zero-order valence-corrected chi connectivity index (χ0v) is 22.7. The molecule has 1 atom stereocenters. The fourth-order valence-corrected chi connectivity index (χ4v) is 5.10. The smallest absolute Gasteiger partial charge is 0.407 e. The molecule has 4 N–H and O–H groups in total. The summed E-state index contributed by atoms with van der Waals surface area (Å²) >= 11 is 0. The molecule has 3 rings (SSSR count). The van der Waals surface area contributed by atoms with Gasteiger partial charge in [-0.25, -0.2) is 4.79 Å². The number of fused-ring (bicyclic) bond motifs is 3. The lowest BCUT2D eigenvalue weighted by Crippen LogP contribution is -2.47. The quantitative estimate of drug-likeness (QED) is 0.228. The molecule has 0 aliphatic heterocycles. The normalized spacial score (nSPS) is 12.9. The predicted molar refractivity (Wildman–Crippen MR) is 151 cm³/mol. The molecule has 3 amide bonds. The Kier molecular flexibility index (Phi) is 12.1. The number of nitrogens with one attached hydrogen (secondary N) is 2. The zero-order chi connectivity index (χ0) is 27.2. The van der Waals surface area contributed by atoms with E-state index in [2.05, 4.69) is 29.7 Å². The van der Waals surface area contributed by atoms with Gasteiger partial charge in [0.05, 0.1) is 6.42 Å². The van der Waals surface area contributed by atoms with E-state index in [1.165, 1.54) is 44.9 Å². The van der Waals surface area contributed by atoms with Crippen LogP contribution in [0, 0.1) is 0 Å². The van der Waals surface area contributed by atoms with E-state index in [0.717, 1.165) is 41.5 Å². The molecule has 7 heteroatoms. The molecule has 2 aromatic carbocycles. The summed E-state index contributed by atoms with van der Waals surface area (Å²) in [4.78, 5) is 36.7. The Balaban J connectivity index is 1.35. The van der Waals surface area contributed by atoms with Gasteiger partial charge in [-0.15, -0.1) is 0 Å². The highest BCUT2D eigenvalue weighted by molar-refractivity contribution is 5.90. The number of primary amides is 1. The summed E-state index contributed by atoms with van der Waals surface area (Å²) < 4.78 is 5.48. The maximum Gasteiger partial charge on any atom is 0.407 e. The van der Waals surface area contributed by atoms with Crippen LogP contribution in [0.3, 0.4) is 0 Å². The molecule has 0 fully saturated rings. The minimum atomic E-state index is -1.13. The van der Waals surface area contributed by atoms with Crippen molar-refractivity contribution < 1.29 is 19.1 Å². The van der Waals surface area contributed by atoms with Crippen molar-refractivity contribution in [3.05, 3.63) is 59.7 Å². The van der Waals surface area contributed by atoms with Crippen molar-refractivity contribution in [3.63, 3.8) is 0 Å². The molecule has 0 spiro atoms. The van der Waals surface area contributed by atoms with E-state index in [1.54, 1.807) is 0 Å². The number of unbranched alkanes of at least 4 members (excludes halogenated alkanes) is 9. The first-order valence-electron chi connectivity index (χ1n) is 14.2. The third kappa shape index (κ3) is 8.89. The first-order valence-corrected chi connectivity index (χ1v) is 14.2. The minimum Gasteiger partial charge on any atom is -0.449 e.